The number of allylic oxidation sites excluding steroid dienone is 3. The summed E-state index contributed by atoms with van der Waals surface area (Å²) in [6, 6.07) is 0. The Bertz CT molecular complexity index is 463. The molecule has 0 amide bonds. The van der Waals surface area contributed by atoms with Gasteiger partial charge in [-0.15, -0.1) is 6.58 Å². The minimum Gasteiger partial charge on any atom is -0.458 e. The maximum absolute atomic E-state index is 12.0. The third-order valence-corrected chi connectivity index (χ3v) is 3.66. The molecule has 19 heavy (non-hydrogen) atoms. The molecule has 1 N–H and O–H groups in total. The van der Waals surface area contributed by atoms with Crippen molar-refractivity contribution < 1.29 is 19.4 Å². The Morgan fingerprint density at radius 1 is 1.63 bits per heavy atom. The van der Waals surface area contributed by atoms with Gasteiger partial charge in [0.2, 0.25) is 0 Å². The maximum Gasteiger partial charge on any atom is 0.303 e. The van der Waals surface area contributed by atoms with Gasteiger partial charge in [0.05, 0.1) is 11.5 Å². The van der Waals surface area contributed by atoms with Crippen LogP contribution in [0.25, 0.3) is 0 Å². The molecule has 0 aromatic heterocycles. The first-order valence-electron chi connectivity index (χ1n) is 6.38. The first-order chi connectivity index (χ1) is 8.96. The lowest BCUT2D eigenvalue weighted by molar-refractivity contribution is -0.146. The largest absolute Gasteiger partial charge is 0.458 e. The summed E-state index contributed by atoms with van der Waals surface area (Å²) in [6.45, 7) is 5.00. The van der Waals surface area contributed by atoms with Crippen LogP contribution in [0, 0.1) is 11.8 Å². The van der Waals surface area contributed by atoms with E-state index in [4.69, 9.17) is 4.74 Å². The van der Waals surface area contributed by atoms with Crippen LogP contribution >= 0.6 is 0 Å². The standard InChI is InChI=1S/C15H18O4/c1-3-4-11-5-6-13(17)14(11)15(18)8-7-12(9-15)19-10(2)16/h3,5-8,11-12,14,18H,1,4,9H2,2H3. The minimum atomic E-state index is -1.24. The lowest BCUT2D eigenvalue weighted by atomic mass is 9.77. The Morgan fingerprint density at radius 3 is 3.00 bits per heavy atom. The number of hydrogen-bond donors (Lipinski definition) is 1. The van der Waals surface area contributed by atoms with Gasteiger partial charge in [-0.1, -0.05) is 18.2 Å². The molecule has 0 aromatic carbocycles. The van der Waals surface area contributed by atoms with E-state index in [2.05, 4.69) is 6.58 Å². The molecule has 0 fully saturated rings. The van der Waals surface area contributed by atoms with Crippen molar-refractivity contribution in [2.24, 2.45) is 11.8 Å². The average Bonchev–Trinajstić information content (AvgIpc) is 2.84. The SMILES string of the molecule is C=CCC1C=CC(=O)C1C1(O)C=CC(OC(C)=O)C1. The molecule has 0 saturated heterocycles. The lowest BCUT2D eigenvalue weighted by Gasteiger charge is -2.31. The van der Waals surface area contributed by atoms with Gasteiger partial charge < -0.3 is 9.84 Å². The van der Waals surface area contributed by atoms with Crippen LogP contribution in [-0.4, -0.2) is 28.6 Å². The molecule has 102 valence electrons. The molecular weight excluding hydrogens is 244 g/mol. The number of esters is 1. The van der Waals surface area contributed by atoms with Gasteiger partial charge in [-0.25, -0.2) is 0 Å². The van der Waals surface area contributed by atoms with Crippen molar-refractivity contribution in [1.82, 2.24) is 0 Å². The van der Waals surface area contributed by atoms with Gasteiger partial charge in [0.1, 0.15) is 6.10 Å². The van der Waals surface area contributed by atoms with Crippen LogP contribution in [0.3, 0.4) is 0 Å². The molecule has 2 rings (SSSR count). The number of carbonyl (C=O) groups excluding carboxylic acids is 2. The average molecular weight is 262 g/mol. The van der Waals surface area contributed by atoms with Crippen LogP contribution in [0.15, 0.2) is 37.0 Å². The molecule has 0 radical (unpaired) electrons. The Hall–Kier alpha value is -1.68. The first kappa shape index (κ1) is 13.7. The van der Waals surface area contributed by atoms with Gasteiger partial charge >= 0.3 is 5.97 Å². The van der Waals surface area contributed by atoms with Gasteiger partial charge in [0, 0.05) is 13.3 Å². The second-order valence-corrected chi connectivity index (χ2v) is 5.13. The summed E-state index contributed by atoms with van der Waals surface area (Å²) >= 11 is 0. The van der Waals surface area contributed by atoms with Gasteiger partial charge in [0.25, 0.3) is 0 Å². The molecule has 0 aromatic rings. The van der Waals surface area contributed by atoms with E-state index in [1.54, 1.807) is 18.2 Å². The zero-order chi connectivity index (χ0) is 14.0. The van der Waals surface area contributed by atoms with Crippen molar-refractivity contribution in [3.63, 3.8) is 0 Å². The van der Waals surface area contributed by atoms with Gasteiger partial charge in [0.15, 0.2) is 5.78 Å². The summed E-state index contributed by atoms with van der Waals surface area (Å²) in [6.07, 6.45) is 8.74. The van der Waals surface area contributed by atoms with Crippen molar-refractivity contribution in [3.8, 4) is 0 Å². The summed E-state index contributed by atoms with van der Waals surface area (Å²) in [7, 11) is 0. The molecule has 0 bridgehead atoms. The third-order valence-electron chi connectivity index (χ3n) is 3.66. The highest BCUT2D eigenvalue weighted by Crippen LogP contribution is 2.41. The minimum absolute atomic E-state index is 0.0456. The van der Waals surface area contributed by atoms with E-state index in [9.17, 15) is 14.7 Å². The molecule has 4 atom stereocenters. The summed E-state index contributed by atoms with van der Waals surface area (Å²) in [5.74, 6) is -1.03. The zero-order valence-corrected chi connectivity index (χ0v) is 10.9. The first-order valence-corrected chi connectivity index (χ1v) is 6.38. The van der Waals surface area contributed by atoms with Crippen LogP contribution in [0.2, 0.25) is 0 Å². The molecule has 4 nitrogen and oxygen atoms in total. The molecule has 4 heteroatoms. The molecule has 0 saturated carbocycles. The van der Waals surface area contributed by atoms with Crippen LogP contribution in [0.4, 0.5) is 0 Å². The molecule has 4 unspecified atom stereocenters. The Morgan fingerprint density at radius 2 is 2.37 bits per heavy atom. The number of ether oxygens (including phenoxy) is 1. The fourth-order valence-corrected chi connectivity index (χ4v) is 2.93. The molecule has 2 aliphatic rings. The number of ketones is 1. The summed E-state index contributed by atoms with van der Waals surface area (Å²) in [5.41, 5.74) is -1.24. The fraction of sp³-hybridized carbons (Fsp3) is 0.467. The van der Waals surface area contributed by atoms with Crippen LogP contribution in [-0.2, 0) is 14.3 Å². The molecular formula is C15H18O4. The van der Waals surface area contributed by atoms with E-state index in [1.165, 1.54) is 13.0 Å². The second-order valence-electron chi connectivity index (χ2n) is 5.13. The quantitative estimate of drug-likeness (QED) is 0.617. The third kappa shape index (κ3) is 2.68. The summed E-state index contributed by atoms with van der Waals surface area (Å²) in [5, 5.41) is 10.7. The topological polar surface area (TPSA) is 63.6 Å². The highest BCUT2D eigenvalue weighted by atomic mass is 16.5. The number of rotatable bonds is 4. The highest BCUT2D eigenvalue weighted by Gasteiger charge is 2.48. The van der Waals surface area contributed by atoms with Crippen molar-refractivity contribution in [1.29, 1.82) is 0 Å². The van der Waals surface area contributed by atoms with Crippen molar-refractivity contribution >= 4 is 11.8 Å². The number of carbonyl (C=O) groups is 2. The molecule has 0 heterocycles. The smallest absolute Gasteiger partial charge is 0.303 e. The van der Waals surface area contributed by atoms with E-state index in [0.717, 1.165) is 0 Å². The number of hydrogen-bond acceptors (Lipinski definition) is 4. The van der Waals surface area contributed by atoms with E-state index < -0.39 is 23.6 Å². The van der Waals surface area contributed by atoms with E-state index in [1.807, 2.05) is 6.08 Å². The van der Waals surface area contributed by atoms with Gasteiger partial charge in [-0.05, 0) is 24.5 Å². The van der Waals surface area contributed by atoms with E-state index >= 15 is 0 Å². The van der Waals surface area contributed by atoms with Crippen molar-refractivity contribution in [2.75, 3.05) is 0 Å². The highest BCUT2D eigenvalue weighted by molar-refractivity contribution is 5.95. The second kappa shape index (κ2) is 5.13. The van der Waals surface area contributed by atoms with E-state index in [0.29, 0.717) is 6.42 Å². The molecule has 0 spiro atoms. The van der Waals surface area contributed by atoms with Gasteiger partial charge in [-0.2, -0.15) is 0 Å². The predicted molar refractivity (Wildman–Crippen MR) is 70.2 cm³/mol. The van der Waals surface area contributed by atoms with Gasteiger partial charge in [-0.3, -0.25) is 9.59 Å². The Balaban J connectivity index is 2.13. The molecule has 0 aliphatic heterocycles. The predicted octanol–water partition coefficient (Wildman–Crippen LogP) is 1.56. The molecule has 2 aliphatic carbocycles. The van der Waals surface area contributed by atoms with Crippen LogP contribution in [0.5, 0.6) is 0 Å². The Labute approximate surface area is 112 Å². The van der Waals surface area contributed by atoms with Crippen molar-refractivity contribution in [3.05, 3.63) is 37.0 Å². The maximum atomic E-state index is 12.0. The van der Waals surface area contributed by atoms with E-state index in [-0.39, 0.29) is 18.1 Å². The van der Waals surface area contributed by atoms with Crippen molar-refractivity contribution in [2.45, 2.75) is 31.5 Å². The fourth-order valence-electron chi connectivity index (χ4n) is 2.93. The number of aliphatic hydroxyl groups is 1. The van der Waals surface area contributed by atoms with Crippen LogP contribution in [0.1, 0.15) is 19.8 Å². The summed E-state index contributed by atoms with van der Waals surface area (Å²) in [4.78, 5) is 22.9. The lowest BCUT2D eigenvalue weighted by Crippen LogP contribution is -2.42. The Kier molecular flexibility index (Phi) is 3.71. The monoisotopic (exact) mass is 262 g/mol. The normalized spacial score (nSPS) is 36.7. The van der Waals surface area contributed by atoms with Crippen LogP contribution < -0.4 is 0 Å². The summed E-state index contributed by atoms with van der Waals surface area (Å²) < 4.78 is 5.06. The zero-order valence-electron chi connectivity index (χ0n) is 10.9.